The zero-order valence-corrected chi connectivity index (χ0v) is 11.9. The quantitative estimate of drug-likeness (QED) is 0.867. The van der Waals surface area contributed by atoms with Gasteiger partial charge in [-0.2, -0.15) is 0 Å². The van der Waals surface area contributed by atoms with Gasteiger partial charge in [0.1, 0.15) is 0 Å². The van der Waals surface area contributed by atoms with E-state index in [1.165, 1.54) is 18.6 Å². The zero-order chi connectivity index (χ0) is 15.0. The molecule has 0 saturated heterocycles. The van der Waals surface area contributed by atoms with Gasteiger partial charge in [0.05, 0.1) is 6.10 Å². The summed E-state index contributed by atoms with van der Waals surface area (Å²) in [5, 5.41) is 11.8. The molecule has 0 aromatic carbocycles. The predicted molar refractivity (Wildman–Crippen MR) is 73.2 cm³/mol. The Morgan fingerprint density at radius 2 is 2.14 bits per heavy atom. The molecule has 0 bridgehead atoms. The van der Waals surface area contributed by atoms with Gasteiger partial charge in [0, 0.05) is 18.1 Å². The van der Waals surface area contributed by atoms with E-state index in [0.29, 0.717) is 6.61 Å². The zero-order valence-electron chi connectivity index (χ0n) is 11.9. The SMILES string of the molecule is CCO[C@@H]1C[C@H](NC(=O)c2ccc(C(=O)O)o2)C12CCC2. The summed E-state index contributed by atoms with van der Waals surface area (Å²) in [4.78, 5) is 22.9. The van der Waals surface area contributed by atoms with Gasteiger partial charge in [-0.05, 0) is 38.3 Å². The highest BCUT2D eigenvalue weighted by Gasteiger charge is 2.59. The first-order valence-electron chi connectivity index (χ1n) is 7.32. The number of ether oxygens (including phenoxy) is 1. The lowest BCUT2D eigenvalue weighted by Crippen LogP contribution is -2.67. The molecule has 3 rings (SSSR count). The molecule has 2 saturated carbocycles. The van der Waals surface area contributed by atoms with E-state index >= 15 is 0 Å². The Morgan fingerprint density at radius 1 is 1.43 bits per heavy atom. The Morgan fingerprint density at radius 3 is 2.67 bits per heavy atom. The number of hydrogen-bond acceptors (Lipinski definition) is 4. The van der Waals surface area contributed by atoms with Crippen LogP contribution in [0.15, 0.2) is 16.5 Å². The van der Waals surface area contributed by atoms with Gasteiger partial charge in [0.15, 0.2) is 5.76 Å². The maximum absolute atomic E-state index is 12.1. The standard InChI is InChI=1S/C15H19NO5/c1-2-20-12-8-11(15(12)6-3-7-15)16-13(17)9-4-5-10(21-9)14(18)19/h4-5,11-12H,2-3,6-8H2,1H3,(H,16,17)(H,18,19)/t11-,12+/m0/s1. The Balaban J connectivity index is 1.64. The summed E-state index contributed by atoms with van der Waals surface area (Å²) in [6, 6.07) is 2.78. The summed E-state index contributed by atoms with van der Waals surface area (Å²) >= 11 is 0. The van der Waals surface area contributed by atoms with Crippen LogP contribution in [0.4, 0.5) is 0 Å². The molecule has 2 aliphatic carbocycles. The molecule has 1 heterocycles. The third kappa shape index (κ3) is 2.23. The third-order valence-electron chi connectivity index (χ3n) is 4.78. The molecule has 1 aromatic heterocycles. The number of hydrogen-bond donors (Lipinski definition) is 2. The van der Waals surface area contributed by atoms with Crippen LogP contribution in [0.1, 0.15) is 53.7 Å². The molecule has 1 aromatic rings. The maximum Gasteiger partial charge on any atom is 0.371 e. The number of carboxylic acid groups (broad SMARTS) is 1. The van der Waals surface area contributed by atoms with Crippen LogP contribution in [-0.4, -0.2) is 35.7 Å². The molecule has 6 heteroatoms. The average Bonchev–Trinajstić information content (AvgIpc) is 2.85. The molecule has 0 aliphatic heterocycles. The van der Waals surface area contributed by atoms with Crippen molar-refractivity contribution in [2.45, 2.75) is 44.8 Å². The van der Waals surface area contributed by atoms with Crippen molar-refractivity contribution in [3.63, 3.8) is 0 Å². The van der Waals surface area contributed by atoms with Crippen LogP contribution in [0.3, 0.4) is 0 Å². The minimum atomic E-state index is -1.18. The number of nitrogens with one attached hydrogen (secondary N) is 1. The Labute approximate surface area is 122 Å². The first kappa shape index (κ1) is 14.1. The number of carbonyl (C=O) groups is 2. The number of rotatable bonds is 5. The second-order valence-electron chi connectivity index (χ2n) is 5.76. The van der Waals surface area contributed by atoms with E-state index in [9.17, 15) is 9.59 Å². The van der Waals surface area contributed by atoms with Gasteiger partial charge in [0.25, 0.3) is 5.91 Å². The minimum absolute atomic E-state index is 0.0433. The fourth-order valence-electron chi connectivity index (χ4n) is 3.44. The van der Waals surface area contributed by atoms with Gasteiger partial charge in [-0.1, -0.05) is 6.42 Å². The van der Waals surface area contributed by atoms with Crippen LogP contribution >= 0.6 is 0 Å². The number of aromatic carboxylic acids is 1. The summed E-state index contributed by atoms with van der Waals surface area (Å²) in [5.41, 5.74) is 0.0773. The molecule has 2 atom stereocenters. The summed E-state index contributed by atoms with van der Waals surface area (Å²) in [6.07, 6.45) is 4.35. The molecule has 0 unspecified atom stereocenters. The number of furan rings is 1. The molecular weight excluding hydrogens is 274 g/mol. The molecule has 21 heavy (non-hydrogen) atoms. The van der Waals surface area contributed by atoms with E-state index in [2.05, 4.69) is 5.32 Å². The van der Waals surface area contributed by atoms with Crippen LogP contribution in [0.5, 0.6) is 0 Å². The number of carboxylic acids is 1. The fourth-order valence-corrected chi connectivity index (χ4v) is 3.44. The summed E-state index contributed by atoms with van der Waals surface area (Å²) < 4.78 is 10.8. The van der Waals surface area contributed by atoms with Crippen LogP contribution in [0.25, 0.3) is 0 Å². The Kier molecular flexibility index (Phi) is 3.49. The van der Waals surface area contributed by atoms with Crippen molar-refractivity contribution in [3.05, 3.63) is 23.7 Å². The first-order valence-corrected chi connectivity index (χ1v) is 7.32. The van der Waals surface area contributed by atoms with Crippen molar-refractivity contribution in [2.75, 3.05) is 6.61 Å². The maximum atomic E-state index is 12.1. The summed E-state index contributed by atoms with van der Waals surface area (Å²) in [6.45, 7) is 2.67. The normalized spacial score (nSPS) is 26.0. The van der Waals surface area contributed by atoms with E-state index in [1.54, 1.807) is 0 Å². The minimum Gasteiger partial charge on any atom is -0.475 e. The summed E-state index contributed by atoms with van der Waals surface area (Å²) in [5.74, 6) is -1.71. The number of carbonyl (C=O) groups excluding carboxylic acids is 1. The molecule has 1 spiro atoms. The molecular formula is C15H19NO5. The smallest absolute Gasteiger partial charge is 0.371 e. The van der Waals surface area contributed by atoms with Crippen molar-refractivity contribution >= 4 is 11.9 Å². The topological polar surface area (TPSA) is 88.8 Å². The Bertz CT molecular complexity index is 560. The second kappa shape index (κ2) is 5.18. The van der Waals surface area contributed by atoms with Gasteiger partial charge < -0.3 is 19.6 Å². The third-order valence-corrected chi connectivity index (χ3v) is 4.78. The highest BCUT2D eigenvalue weighted by atomic mass is 16.5. The second-order valence-corrected chi connectivity index (χ2v) is 5.76. The van der Waals surface area contributed by atoms with Crippen LogP contribution in [-0.2, 0) is 4.74 Å². The molecule has 0 radical (unpaired) electrons. The molecule has 2 fully saturated rings. The van der Waals surface area contributed by atoms with Crippen molar-refractivity contribution in [3.8, 4) is 0 Å². The van der Waals surface area contributed by atoms with Gasteiger partial charge in [-0.25, -0.2) is 4.79 Å². The van der Waals surface area contributed by atoms with Crippen molar-refractivity contribution in [1.29, 1.82) is 0 Å². The lowest BCUT2D eigenvalue weighted by Gasteiger charge is -2.60. The largest absolute Gasteiger partial charge is 0.475 e. The highest BCUT2D eigenvalue weighted by molar-refractivity contribution is 5.93. The van der Waals surface area contributed by atoms with E-state index in [-0.39, 0.29) is 35.0 Å². The first-order chi connectivity index (χ1) is 10.1. The van der Waals surface area contributed by atoms with Crippen molar-refractivity contribution in [2.24, 2.45) is 5.41 Å². The van der Waals surface area contributed by atoms with Gasteiger partial charge in [-0.15, -0.1) is 0 Å². The van der Waals surface area contributed by atoms with Crippen LogP contribution < -0.4 is 5.32 Å². The van der Waals surface area contributed by atoms with Crippen molar-refractivity contribution in [1.82, 2.24) is 5.32 Å². The lowest BCUT2D eigenvalue weighted by atomic mass is 9.51. The predicted octanol–water partition coefficient (Wildman–Crippen LogP) is 2.06. The van der Waals surface area contributed by atoms with Crippen molar-refractivity contribution < 1.29 is 23.8 Å². The monoisotopic (exact) mass is 293 g/mol. The molecule has 2 aliphatic rings. The van der Waals surface area contributed by atoms with E-state index < -0.39 is 5.97 Å². The lowest BCUT2D eigenvalue weighted by molar-refractivity contribution is -0.169. The Hall–Kier alpha value is -1.82. The van der Waals surface area contributed by atoms with E-state index in [1.807, 2.05) is 6.92 Å². The van der Waals surface area contributed by atoms with Crippen LogP contribution in [0, 0.1) is 5.41 Å². The molecule has 2 N–H and O–H groups in total. The van der Waals surface area contributed by atoms with Gasteiger partial charge >= 0.3 is 5.97 Å². The van der Waals surface area contributed by atoms with E-state index in [4.69, 9.17) is 14.3 Å². The van der Waals surface area contributed by atoms with E-state index in [0.717, 1.165) is 19.3 Å². The average molecular weight is 293 g/mol. The highest BCUT2D eigenvalue weighted by Crippen LogP contribution is 2.57. The molecule has 114 valence electrons. The van der Waals surface area contributed by atoms with Crippen LogP contribution in [0.2, 0.25) is 0 Å². The molecule has 1 amide bonds. The van der Waals surface area contributed by atoms with Gasteiger partial charge in [-0.3, -0.25) is 4.79 Å². The number of amides is 1. The summed E-state index contributed by atoms with van der Waals surface area (Å²) in [7, 11) is 0. The van der Waals surface area contributed by atoms with Gasteiger partial charge in [0.2, 0.25) is 5.76 Å². The fraction of sp³-hybridized carbons (Fsp3) is 0.600. The molecule has 6 nitrogen and oxygen atoms in total.